The van der Waals surface area contributed by atoms with Crippen molar-refractivity contribution in [1.29, 1.82) is 0 Å². The predicted molar refractivity (Wildman–Crippen MR) is 95.4 cm³/mol. The van der Waals surface area contributed by atoms with Gasteiger partial charge in [-0.05, 0) is 49.2 Å². The molecule has 0 aliphatic carbocycles. The minimum Gasteiger partial charge on any atom is -0.493 e. The van der Waals surface area contributed by atoms with Gasteiger partial charge in [-0.3, -0.25) is 9.59 Å². The van der Waals surface area contributed by atoms with Crippen LogP contribution in [0.15, 0.2) is 36.4 Å². The summed E-state index contributed by atoms with van der Waals surface area (Å²) < 4.78 is 19.4. The maximum Gasteiger partial charge on any atom is 0.227 e. The van der Waals surface area contributed by atoms with Gasteiger partial charge < -0.3 is 15.4 Å². The standard InChI is InChI=1S/C19H21FN2O3/c1-12-4-5-13(2)18(10-12)25-9-8-19(24)22-17-11-15(21-14(3)23)6-7-16(17)20/h4-7,10-11H,8-9H2,1-3H3,(H,21,23)(H,22,24). The largest absolute Gasteiger partial charge is 0.493 e. The molecule has 132 valence electrons. The molecule has 2 rings (SSSR count). The molecule has 0 atom stereocenters. The van der Waals surface area contributed by atoms with E-state index in [0.717, 1.165) is 16.9 Å². The van der Waals surface area contributed by atoms with Crippen LogP contribution in [0, 0.1) is 19.7 Å². The summed E-state index contributed by atoms with van der Waals surface area (Å²) in [4.78, 5) is 23.0. The number of halogens is 1. The van der Waals surface area contributed by atoms with Gasteiger partial charge in [0.15, 0.2) is 0 Å². The topological polar surface area (TPSA) is 67.4 Å². The lowest BCUT2D eigenvalue weighted by atomic mass is 10.1. The molecule has 25 heavy (non-hydrogen) atoms. The van der Waals surface area contributed by atoms with Crippen LogP contribution in [0.2, 0.25) is 0 Å². The number of rotatable bonds is 6. The highest BCUT2D eigenvalue weighted by Gasteiger charge is 2.09. The fourth-order valence-electron chi connectivity index (χ4n) is 2.23. The van der Waals surface area contributed by atoms with Crippen LogP contribution >= 0.6 is 0 Å². The first kappa shape index (κ1) is 18.4. The van der Waals surface area contributed by atoms with Gasteiger partial charge in [0.2, 0.25) is 11.8 Å². The SMILES string of the molecule is CC(=O)Nc1ccc(F)c(NC(=O)CCOc2cc(C)ccc2C)c1. The van der Waals surface area contributed by atoms with Gasteiger partial charge in [0, 0.05) is 12.6 Å². The number of anilines is 2. The van der Waals surface area contributed by atoms with Gasteiger partial charge in [-0.1, -0.05) is 12.1 Å². The van der Waals surface area contributed by atoms with Crippen molar-refractivity contribution in [2.24, 2.45) is 0 Å². The minimum absolute atomic E-state index is 0.0167. The highest BCUT2D eigenvalue weighted by atomic mass is 19.1. The molecule has 0 fully saturated rings. The third-order valence-corrected chi connectivity index (χ3v) is 3.49. The Hall–Kier alpha value is -2.89. The average molecular weight is 344 g/mol. The van der Waals surface area contributed by atoms with Crippen molar-refractivity contribution in [1.82, 2.24) is 0 Å². The van der Waals surface area contributed by atoms with Crippen molar-refractivity contribution in [3.63, 3.8) is 0 Å². The number of hydrogen-bond donors (Lipinski definition) is 2. The Bertz CT molecular complexity index is 790. The van der Waals surface area contributed by atoms with Gasteiger partial charge in [-0.15, -0.1) is 0 Å². The number of ether oxygens (including phenoxy) is 1. The van der Waals surface area contributed by atoms with E-state index in [2.05, 4.69) is 10.6 Å². The van der Waals surface area contributed by atoms with Crippen LogP contribution in [-0.4, -0.2) is 18.4 Å². The molecule has 0 saturated carbocycles. The Morgan fingerprint density at radius 2 is 1.84 bits per heavy atom. The van der Waals surface area contributed by atoms with Crippen LogP contribution in [0.4, 0.5) is 15.8 Å². The molecular formula is C19H21FN2O3. The van der Waals surface area contributed by atoms with E-state index in [9.17, 15) is 14.0 Å². The van der Waals surface area contributed by atoms with Crippen molar-refractivity contribution in [3.8, 4) is 5.75 Å². The lowest BCUT2D eigenvalue weighted by Crippen LogP contribution is -2.16. The highest BCUT2D eigenvalue weighted by molar-refractivity contribution is 5.93. The molecule has 0 spiro atoms. The zero-order valence-electron chi connectivity index (χ0n) is 14.5. The number of carbonyl (C=O) groups excluding carboxylic acids is 2. The first-order valence-electron chi connectivity index (χ1n) is 7.92. The zero-order chi connectivity index (χ0) is 18.4. The number of nitrogens with one attached hydrogen (secondary N) is 2. The summed E-state index contributed by atoms with van der Waals surface area (Å²) in [6, 6.07) is 9.83. The van der Waals surface area contributed by atoms with Crippen LogP contribution in [0.25, 0.3) is 0 Å². The van der Waals surface area contributed by atoms with E-state index in [1.54, 1.807) is 0 Å². The summed E-state index contributed by atoms with van der Waals surface area (Å²) in [6.45, 7) is 5.43. The van der Waals surface area contributed by atoms with E-state index < -0.39 is 5.82 Å². The number of benzene rings is 2. The minimum atomic E-state index is -0.571. The van der Waals surface area contributed by atoms with Crippen LogP contribution in [0.1, 0.15) is 24.5 Å². The van der Waals surface area contributed by atoms with Crippen molar-refractivity contribution < 1.29 is 18.7 Å². The molecule has 0 heterocycles. The van der Waals surface area contributed by atoms with Gasteiger partial charge in [0.1, 0.15) is 11.6 Å². The Balaban J connectivity index is 1.92. The van der Waals surface area contributed by atoms with Gasteiger partial charge in [0.25, 0.3) is 0 Å². The van der Waals surface area contributed by atoms with Gasteiger partial charge in [-0.25, -0.2) is 4.39 Å². The Morgan fingerprint density at radius 1 is 1.08 bits per heavy atom. The number of amides is 2. The third kappa shape index (κ3) is 5.60. The quantitative estimate of drug-likeness (QED) is 0.837. The molecule has 0 radical (unpaired) electrons. The average Bonchev–Trinajstić information content (AvgIpc) is 2.53. The fraction of sp³-hybridized carbons (Fsp3) is 0.263. The predicted octanol–water partition coefficient (Wildman–Crippen LogP) is 3.81. The molecule has 0 unspecified atom stereocenters. The summed E-state index contributed by atoms with van der Waals surface area (Å²) in [7, 11) is 0. The summed E-state index contributed by atoms with van der Waals surface area (Å²) >= 11 is 0. The van der Waals surface area contributed by atoms with E-state index in [-0.39, 0.29) is 30.5 Å². The summed E-state index contributed by atoms with van der Waals surface area (Å²) in [5.74, 6) is -0.487. The van der Waals surface area contributed by atoms with Crippen LogP contribution in [-0.2, 0) is 9.59 Å². The monoisotopic (exact) mass is 344 g/mol. The van der Waals surface area contributed by atoms with Crippen LogP contribution < -0.4 is 15.4 Å². The second-order valence-corrected chi connectivity index (χ2v) is 5.79. The molecule has 2 aromatic carbocycles. The molecule has 0 saturated heterocycles. The Kier molecular flexibility index (Phi) is 6.11. The van der Waals surface area contributed by atoms with Crippen molar-refractivity contribution in [2.75, 3.05) is 17.2 Å². The maximum atomic E-state index is 13.8. The van der Waals surface area contributed by atoms with Crippen molar-refractivity contribution in [3.05, 3.63) is 53.3 Å². The normalized spacial score (nSPS) is 10.2. The second kappa shape index (κ2) is 8.28. The number of carbonyl (C=O) groups is 2. The Labute approximate surface area is 146 Å². The maximum absolute atomic E-state index is 13.8. The van der Waals surface area contributed by atoms with Crippen LogP contribution in [0.5, 0.6) is 5.75 Å². The molecule has 6 heteroatoms. The van der Waals surface area contributed by atoms with Gasteiger partial charge in [0.05, 0.1) is 18.7 Å². The van der Waals surface area contributed by atoms with E-state index in [1.807, 2.05) is 32.0 Å². The highest BCUT2D eigenvalue weighted by Crippen LogP contribution is 2.21. The zero-order valence-corrected chi connectivity index (χ0v) is 14.5. The van der Waals surface area contributed by atoms with Gasteiger partial charge >= 0.3 is 0 Å². The molecule has 0 aromatic heterocycles. The first-order chi connectivity index (χ1) is 11.8. The van der Waals surface area contributed by atoms with E-state index in [4.69, 9.17) is 4.74 Å². The van der Waals surface area contributed by atoms with Gasteiger partial charge in [-0.2, -0.15) is 0 Å². The number of hydrogen-bond acceptors (Lipinski definition) is 3. The van der Waals surface area contributed by atoms with Crippen molar-refractivity contribution >= 4 is 23.2 Å². The smallest absolute Gasteiger partial charge is 0.227 e. The molecule has 2 aromatic rings. The molecule has 5 nitrogen and oxygen atoms in total. The third-order valence-electron chi connectivity index (χ3n) is 3.49. The molecule has 2 N–H and O–H groups in total. The van der Waals surface area contributed by atoms with Crippen molar-refractivity contribution in [2.45, 2.75) is 27.2 Å². The first-order valence-corrected chi connectivity index (χ1v) is 7.92. The lowest BCUT2D eigenvalue weighted by molar-refractivity contribution is -0.116. The Morgan fingerprint density at radius 3 is 2.56 bits per heavy atom. The van der Waals surface area contributed by atoms with E-state index in [0.29, 0.717) is 5.69 Å². The molecule has 0 aliphatic rings. The summed E-state index contributed by atoms with van der Waals surface area (Å²) in [6.07, 6.45) is 0.0805. The second-order valence-electron chi connectivity index (χ2n) is 5.79. The molecule has 2 amide bonds. The lowest BCUT2D eigenvalue weighted by Gasteiger charge is -2.11. The number of aryl methyl sites for hydroxylation is 2. The summed E-state index contributed by atoms with van der Waals surface area (Å²) in [5, 5.41) is 5.03. The fourth-order valence-corrected chi connectivity index (χ4v) is 2.23. The molecular weight excluding hydrogens is 323 g/mol. The summed E-state index contributed by atoms with van der Waals surface area (Å²) in [5.41, 5.74) is 2.49. The molecule has 0 bridgehead atoms. The van der Waals surface area contributed by atoms with E-state index >= 15 is 0 Å². The van der Waals surface area contributed by atoms with Crippen LogP contribution in [0.3, 0.4) is 0 Å². The van der Waals surface area contributed by atoms with E-state index in [1.165, 1.54) is 25.1 Å². The molecule has 0 aliphatic heterocycles.